The summed E-state index contributed by atoms with van der Waals surface area (Å²) in [6.45, 7) is 5.92. The van der Waals surface area contributed by atoms with E-state index in [0.29, 0.717) is 6.54 Å². The number of hydrogen-bond acceptors (Lipinski definition) is 1. The smallest absolute Gasteiger partial charge is 0.404 e. The first-order valence-corrected chi connectivity index (χ1v) is 4.68. The van der Waals surface area contributed by atoms with E-state index in [1.807, 2.05) is 0 Å². The average molecular weight is 280 g/mol. The van der Waals surface area contributed by atoms with E-state index in [1.165, 1.54) is 0 Å². The van der Waals surface area contributed by atoms with Gasteiger partial charge in [-0.05, 0) is 13.8 Å². The SMILES string of the molecule is [CH2]C(C#CC)C(I)CNC(=O)O. The molecule has 0 aliphatic heterocycles. The second-order valence-corrected chi connectivity index (χ2v) is 3.80. The Balaban J connectivity index is 3.76. The minimum atomic E-state index is -1.01. The number of alkyl halides is 1. The van der Waals surface area contributed by atoms with Gasteiger partial charge in [0.1, 0.15) is 0 Å². The average Bonchev–Trinajstić information content (AvgIpc) is 2.00. The molecule has 12 heavy (non-hydrogen) atoms. The zero-order valence-electron chi connectivity index (χ0n) is 6.80. The highest BCUT2D eigenvalue weighted by molar-refractivity contribution is 14.1. The molecular weight excluding hydrogens is 269 g/mol. The summed E-state index contributed by atoms with van der Waals surface area (Å²) in [6, 6.07) is 0. The highest BCUT2D eigenvalue weighted by Gasteiger charge is 2.11. The Morgan fingerprint density at radius 3 is 2.83 bits per heavy atom. The Labute approximate surface area is 86.1 Å². The van der Waals surface area contributed by atoms with Crippen LogP contribution in [-0.4, -0.2) is 21.7 Å². The molecule has 0 heterocycles. The maximum absolute atomic E-state index is 10.1. The molecule has 2 N–H and O–H groups in total. The van der Waals surface area contributed by atoms with Crippen LogP contribution in [0.1, 0.15) is 6.92 Å². The highest BCUT2D eigenvalue weighted by Crippen LogP contribution is 2.10. The van der Waals surface area contributed by atoms with Gasteiger partial charge in [-0.25, -0.2) is 4.79 Å². The van der Waals surface area contributed by atoms with Crippen molar-refractivity contribution in [3.8, 4) is 11.8 Å². The molecule has 0 aliphatic rings. The lowest BCUT2D eigenvalue weighted by atomic mass is 10.1. The summed E-state index contributed by atoms with van der Waals surface area (Å²) in [6.07, 6.45) is -1.01. The third kappa shape index (κ3) is 5.24. The van der Waals surface area contributed by atoms with Crippen molar-refractivity contribution < 1.29 is 9.90 Å². The lowest BCUT2D eigenvalue weighted by Gasteiger charge is -2.11. The summed E-state index contributed by atoms with van der Waals surface area (Å²) in [4.78, 5) is 10.1. The maximum atomic E-state index is 10.1. The summed E-state index contributed by atoms with van der Waals surface area (Å²) >= 11 is 2.13. The van der Waals surface area contributed by atoms with Crippen LogP contribution >= 0.6 is 22.6 Å². The molecule has 67 valence electrons. The van der Waals surface area contributed by atoms with Gasteiger partial charge in [-0.1, -0.05) is 28.5 Å². The molecule has 0 aromatic heterocycles. The topological polar surface area (TPSA) is 49.3 Å². The van der Waals surface area contributed by atoms with E-state index in [1.54, 1.807) is 6.92 Å². The van der Waals surface area contributed by atoms with E-state index in [9.17, 15) is 4.79 Å². The van der Waals surface area contributed by atoms with Crippen LogP contribution in [0, 0.1) is 24.7 Å². The quantitative estimate of drug-likeness (QED) is 0.468. The Bertz CT molecular complexity index is 207. The van der Waals surface area contributed by atoms with Gasteiger partial charge in [-0.2, -0.15) is 0 Å². The molecule has 0 fully saturated rings. The molecule has 2 unspecified atom stereocenters. The predicted octanol–water partition coefficient (Wildman–Crippen LogP) is 1.53. The summed E-state index contributed by atoms with van der Waals surface area (Å²) in [5.74, 6) is 5.59. The van der Waals surface area contributed by atoms with Gasteiger partial charge in [-0.15, -0.1) is 5.92 Å². The van der Waals surface area contributed by atoms with Crippen molar-refractivity contribution in [2.24, 2.45) is 5.92 Å². The first kappa shape index (κ1) is 11.6. The second kappa shape index (κ2) is 6.12. The summed E-state index contributed by atoms with van der Waals surface area (Å²) in [5.41, 5.74) is 0. The van der Waals surface area contributed by atoms with Crippen LogP contribution in [-0.2, 0) is 0 Å². The Hall–Kier alpha value is -0.440. The van der Waals surface area contributed by atoms with Crippen molar-refractivity contribution in [1.29, 1.82) is 0 Å². The number of halogens is 1. The number of carbonyl (C=O) groups is 1. The maximum Gasteiger partial charge on any atom is 0.404 e. The zero-order chi connectivity index (χ0) is 9.56. The minimum Gasteiger partial charge on any atom is -0.465 e. The van der Waals surface area contributed by atoms with Gasteiger partial charge in [0.25, 0.3) is 0 Å². The van der Waals surface area contributed by atoms with E-state index in [-0.39, 0.29) is 9.84 Å². The Kier molecular flexibility index (Phi) is 5.89. The standard InChI is InChI=1S/C8H11INO2/c1-3-4-6(2)7(9)5-10-8(11)12/h6-7,10H,2,5H2,1H3,(H,11,12). The van der Waals surface area contributed by atoms with Crippen molar-refractivity contribution >= 4 is 28.7 Å². The summed E-state index contributed by atoms with van der Waals surface area (Å²) in [7, 11) is 0. The monoisotopic (exact) mass is 280 g/mol. The van der Waals surface area contributed by atoms with E-state index in [0.717, 1.165) is 0 Å². The molecule has 0 rings (SSSR count). The highest BCUT2D eigenvalue weighted by atomic mass is 127. The number of hydrogen-bond donors (Lipinski definition) is 2. The van der Waals surface area contributed by atoms with Crippen LogP contribution in [0.3, 0.4) is 0 Å². The van der Waals surface area contributed by atoms with Crippen LogP contribution in [0.15, 0.2) is 0 Å². The molecule has 1 radical (unpaired) electrons. The summed E-state index contributed by atoms with van der Waals surface area (Å²) < 4.78 is 0.117. The largest absolute Gasteiger partial charge is 0.465 e. The van der Waals surface area contributed by atoms with E-state index in [4.69, 9.17) is 5.11 Å². The minimum absolute atomic E-state index is 0.0255. The van der Waals surface area contributed by atoms with Crippen molar-refractivity contribution in [2.75, 3.05) is 6.54 Å². The van der Waals surface area contributed by atoms with Gasteiger partial charge < -0.3 is 10.4 Å². The molecule has 0 bridgehead atoms. The number of carboxylic acid groups (broad SMARTS) is 1. The van der Waals surface area contributed by atoms with Gasteiger partial charge in [0.05, 0.1) is 0 Å². The van der Waals surface area contributed by atoms with E-state index in [2.05, 4.69) is 46.7 Å². The lowest BCUT2D eigenvalue weighted by Crippen LogP contribution is -2.30. The molecular formula is C8H11INO2. The first-order chi connectivity index (χ1) is 5.57. The second-order valence-electron chi connectivity index (χ2n) is 2.20. The molecule has 0 saturated heterocycles. The lowest BCUT2D eigenvalue weighted by molar-refractivity contribution is 0.194. The predicted molar refractivity (Wildman–Crippen MR) is 56.1 cm³/mol. The van der Waals surface area contributed by atoms with Gasteiger partial charge >= 0.3 is 6.09 Å². The fourth-order valence-corrected chi connectivity index (χ4v) is 1.00. The van der Waals surface area contributed by atoms with Gasteiger partial charge in [0, 0.05) is 16.4 Å². The van der Waals surface area contributed by atoms with Crippen molar-refractivity contribution in [3.05, 3.63) is 6.92 Å². The van der Waals surface area contributed by atoms with Crippen molar-refractivity contribution in [2.45, 2.75) is 10.8 Å². The molecule has 0 saturated carbocycles. The van der Waals surface area contributed by atoms with Gasteiger partial charge in [-0.3, -0.25) is 0 Å². The molecule has 2 atom stereocenters. The third-order valence-corrected chi connectivity index (χ3v) is 2.52. The fraction of sp³-hybridized carbons (Fsp3) is 0.500. The Morgan fingerprint density at radius 2 is 2.42 bits per heavy atom. The third-order valence-electron chi connectivity index (χ3n) is 1.21. The zero-order valence-corrected chi connectivity index (χ0v) is 8.96. The molecule has 3 nitrogen and oxygen atoms in total. The molecule has 0 aromatic rings. The van der Waals surface area contributed by atoms with Crippen LogP contribution in [0.2, 0.25) is 0 Å². The Morgan fingerprint density at radius 1 is 1.83 bits per heavy atom. The van der Waals surface area contributed by atoms with Crippen LogP contribution in [0.5, 0.6) is 0 Å². The first-order valence-electron chi connectivity index (χ1n) is 3.44. The van der Waals surface area contributed by atoms with Crippen LogP contribution in [0.25, 0.3) is 0 Å². The van der Waals surface area contributed by atoms with Crippen molar-refractivity contribution in [3.63, 3.8) is 0 Å². The fourth-order valence-electron chi connectivity index (χ4n) is 0.603. The number of rotatable bonds is 3. The summed E-state index contributed by atoms with van der Waals surface area (Å²) in [5, 5.41) is 10.6. The van der Waals surface area contributed by atoms with Gasteiger partial charge in [0.2, 0.25) is 0 Å². The normalized spacial score (nSPS) is 13.9. The van der Waals surface area contributed by atoms with E-state index < -0.39 is 6.09 Å². The number of nitrogens with one attached hydrogen (secondary N) is 1. The van der Waals surface area contributed by atoms with Crippen LogP contribution in [0.4, 0.5) is 4.79 Å². The number of amides is 1. The van der Waals surface area contributed by atoms with Crippen LogP contribution < -0.4 is 5.32 Å². The molecule has 4 heteroatoms. The molecule has 0 aromatic carbocycles. The molecule has 1 amide bonds. The van der Waals surface area contributed by atoms with E-state index >= 15 is 0 Å². The molecule has 0 spiro atoms. The van der Waals surface area contributed by atoms with Crippen molar-refractivity contribution in [1.82, 2.24) is 5.32 Å². The van der Waals surface area contributed by atoms with Gasteiger partial charge in [0.15, 0.2) is 0 Å². The molecule has 0 aliphatic carbocycles.